The third kappa shape index (κ3) is 5.90. The van der Waals surface area contributed by atoms with E-state index in [0.29, 0.717) is 19.3 Å². The van der Waals surface area contributed by atoms with Crippen LogP contribution in [0.1, 0.15) is 26.7 Å². The number of aliphatic carboxylic acids is 1. The number of hydrogen-bond acceptors (Lipinski definition) is 2. The number of allylic oxidation sites excluding steroid dienone is 2. The fourth-order valence-corrected chi connectivity index (χ4v) is 0.899. The summed E-state index contributed by atoms with van der Waals surface area (Å²) in [6.07, 6.45) is 3.46. The van der Waals surface area contributed by atoms with Gasteiger partial charge in [-0.3, -0.25) is 4.79 Å². The third-order valence-electron chi connectivity index (χ3n) is 1.58. The predicted octanol–water partition coefficient (Wildman–Crippen LogP) is 0.932. The summed E-state index contributed by atoms with van der Waals surface area (Å²) in [5, 5.41) is 10.9. The topological polar surface area (TPSA) is 66.4 Å². The van der Waals surface area contributed by atoms with Crippen molar-refractivity contribution in [2.75, 3.05) is 0 Å². The molecule has 0 saturated heterocycles. The number of carboxylic acids is 1. The second-order valence-corrected chi connectivity index (χ2v) is 3.03. The van der Waals surface area contributed by atoms with Gasteiger partial charge in [0.05, 0.1) is 0 Å². The first-order chi connectivity index (χ1) is 6.07. The Morgan fingerprint density at radius 2 is 2.15 bits per heavy atom. The molecule has 1 amide bonds. The third-order valence-corrected chi connectivity index (χ3v) is 1.58. The van der Waals surface area contributed by atoms with Crippen LogP contribution in [0.3, 0.4) is 0 Å². The summed E-state index contributed by atoms with van der Waals surface area (Å²) in [4.78, 5) is 20.5. The molecule has 0 aromatic heterocycles. The van der Waals surface area contributed by atoms with Crippen LogP contribution in [0.4, 0.5) is 0 Å². The SMILES string of the molecule is CC(C)=CCCC(NC=O)C(=O)O. The monoisotopic (exact) mass is 185 g/mol. The molecule has 4 heteroatoms. The molecule has 0 aliphatic rings. The van der Waals surface area contributed by atoms with Crippen molar-refractivity contribution in [2.45, 2.75) is 32.7 Å². The van der Waals surface area contributed by atoms with E-state index in [0.717, 1.165) is 5.57 Å². The Kier molecular flexibility index (Phi) is 5.59. The Hall–Kier alpha value is -1.32. The number of hydrogen-bond donors (Lipinski definition) is 2. The molecule has 13 heavy (non-hydrogen) atoms. The zero-order chi connectivity index (χ0) is 10.3. The molecule has 4 nitrogen and oxygen atoms in total. The molecule has 0 aliphatic carbocycles. The molecule has 0 aliphatic heterocycles. The second-order valence-electron chi connectivity index (χ2n) is 3.03. The largest absolute Gasteiger partial charge is 0.480 e. The van der Waals surface area contributed by atoms with Crippen molar-refractivity contribution in [3.63, 3.8) is 0 Å². The number of amides is 1. The predicted molar refractivity (Wildman–Crippen MR) is 49.3 cm³/mol. The van der Waals surface area contributed by atoms with Gasteiger partial charge in [-0.15, -0.1) is 0 Å². The normalized spacial score (nSPS) is 11.5. The van der Waals surface area contributed by atoms with E-state index in [4.69, 9.17) is 5.11 Å². The van der Waals surface area contributed by atoms with Crippen molar-refractivity contribution in [1.82, 2.24) is 5.32 Å². The smallest absolute Gasteiger partial charge is 0.326 e. The fraction of sp³-hybridized carbons (Fsp3) is 0.556. The lowest BCUT2D eigenvalue weighted by atomic mass is 10.1. The maximum atomic E-state index is 10.5. The summed E-state index contributed by atoms with van der Waals surface area (Å²) in [5.41, 5.74) is 1.15. The molecule has 0 saturated carbocycles. The summed E-state index contributed by atoms with van der Waals surface area (Å²) in [5.74, 6) is -0.991. The highest BCUT2D eigenvalue weighted by Crippen LogP contribution is 2.01. The molecule has 0 heterocycles. The Morgan fingerprint density at radius 1 is 1.54 bits per heavy atom. The zero-order valence-corrected chi connectivity index (χ0v) is 7.91. The standard InChI is InChI=1S/C9H15NO3/c1-7(2)4-3-5-8(9(12)13)10-6-11/h4,6,8H,3,5H2,1-2H3,(H,10,11)(H,12,13). The van der Waals surface area contributed by atoms with Crippen molar-refractivity contribution in [3.05, 3.63) is 11.6 Å². The van der Waals surface area contributed by atoms with E-state index < -0.39 is 12.0 Å². The molecule has 0 spiro atoms. The summed E-state index contributed by atoms with van der Waals surface area (Å²) >= 11 is 0. The average Bonchev–Trinajstić information content (AvgIpc) is 2.02. The van der Waals surface area contributed by atoms with Crippen molar-refractivity contribution in [1.29, 1.82) is 0 Å². The van der Waals surface area contributed by atoms with E-state index in [2.05, 4.69) is 5.32 Å². The maximum absolute atomic E-state index is 10.5. The van der Waals surface area contributed by atoms with E-state index in [1.54, 1.807) is 0 Å². The Bertz CT molecular complexity index is 207. The number of carbonyl (C=O) groups excluding carboxylic acids is 1. The van der Waals surface area contributed by atoms with Gasteiger partial charge in [-0.05, 0) is 26.7 Å². The lowest BCUT2D eigenvalue weighted by Gasteiger charge is -2.08. The van der Waals surface area contributed by atoms with Gasteiger partial charge in [-0.25, -0.2) is 4.79 Å². The molecule has 0 fully saturated rings. The molecule has 1 unspecified atom stereocenters. The van der Waals surface area contributed by atoms with E-state index in [1.165, 1.54) is 0 Å². The van der Waals surface area contributed by atoms with Crippen LogP contribution in [0.2, 0.25) is 0 Å². The Balaban J connectivity index is 3.89. The van der Waals surface area contributed by atoms with Crippen LogP contribution in [-0.2, 0) is 9.59 Å². The van der Waals surface area contributed by atoms with Gasteiger partial charge in [0.1, 0.15) is 6.04 Å². The number of nitrogens with one attached hydrogen (secondary N) is 1. The molecular formula is C9H15NO3. The van der Waals surface area contributed by atoms with Gasteiger partial charge in [-0.1, -0.05) is 11.6 Å². The number of rotatable bonds is 6. The van der Waals surface area contributed by atoms with Gasteiger partial charge >= 0.3 is 5.97 Å². The van der Waals surface area contributed by atoms with Crippen molar-refractivity contribution in [3.8, 4) is 0 Å². The lowest BCUT2D eigenvalue weighted by molar-refractivity contribution is -0.140. The van der Waals surface area contributed by atoms with Crippen LogP contribution in [0.15, 0.2) is 11.6 Å². The average molecular weight is 185 g/mol. The first-order valence-electron chi connectivity index (χ1n) is 4.13. The minimum absolute atomic E-state index is 0.418. The number of carboxylic acid groups (broad SMARTS) is 1. The van der Waals surface area contributed by atoms with E-state index in [1.807, 2.05) is 19.9 Å². The second kappa shape index (κ2) is 6.22. The van der Waals surface area contributed by atoms with Crippen molar-refractivity contribution >= 4 is 12.4 Å². The summed E-state index contributed by atoms with van der Waals surface area (Å²) in [6.45, 7) is 3.89. The van der Waals surface area contributed by atoms with Crippen LogP contribution in [0.25, 0.3) is 0 Å². The van der Waals surface area contributed by atoms with Gasteiger partial charge in [0.2, 0.25) is 6.41 Å². The zero-order valence-electron chi connectivity index (χ0n) is 7.91. The molecule has 1 atom stereocenters. The molecule has 0 aromatic carbocycles. The van der Waals surface area contributed by atoms with E-state index in [9.17, 15) is 9.59 Å². The van der Waals surface area contributed by atoms with Gasteiger partial charge in [0, 0.05) is 0 Å². The fourth-order valence-electron chi connectivity index (χ4n) is 0.899. The van der Waals surface area contributed by atoms with E-state index >= 15 is 0 Å². The van der Waals surface area contributed by atoms with Gasteiger partial charge < -0.3 is 10.4 Å². The summed E-state index contributed by atoms with van der Waals surface area (Å²) in [7, 11) is 0. The van der Waals surface area contributed by atoms with Crippen LogP contribution >= 0.6 is 0 Å². The lowest BCUT2D eigenvalue weighted by Crippen LogP contribution is -2.35. The van der Waals surface area contributed by atoms with Crippen LogP contribution in [0, 0.1) is 0 Å². The molecule has 2 N–H and O–H groups in total. The number of carbonyl (C=O) groups is 2. The van der Waals surface area contributed by atoms with E-state index in [-0.39, 0.29) is 0 Å². The molecule has 0 radical (unpaired) electrons. The first kappa shape index (κ1) is 11.7. The highest BCUT2D eigenvalue weighted by molar-refractivity contribution is 5.76. The van der Waals surface area contributed by atoms with Crippen molar-refractivity contribution < 1.29 is 14.7 Å². The van der Waals surface area contributed by atoms with Gasteiger partial charge in [0.25, 0.3) is 0 Å². The van der Waals surface area contributed by atoms with Gasteiger partial charge in [-0.2, -0.15) is 0 Å². The molecule has 0 aromatic rings. The van der Waals surface area contributed by atoms with Crippen LogP contribution < -0.4 is 5.32 Å². The summed E-state index contributed by atoms with van der Waals surface area (Å²) in [6, 6.07) is -0.770. The summed E-state index contributed by atoms with van der Waals surface area (Å²) < 4.78 is 0. The van der Waals surface area contributed by atoms with Crippen molar-refractivity contribution in [2.24, 2.45) is 0 Å². The Morgan fingerprint density at radius 3 is 2.54 bits per heavy atom. The molecule has 0 bridgehead atoms. The van der Waals surface area contributed by atoms with Gasteiger partial charge in [0.15, 0.2) is 0 Å². The first-order valence-corrected chi connectivity index (χ1v) is 4.13. The Labute approximate surface area is 77.6 Å². The minimum Gasteiger partial charge on any atom is -0.480 e. The minimum atomic E-state index is -0.991. The molecular weight excluding hydrogens is 170 g/mol. The molecule has 74 valence electrons. The maximum Gasteiger partial charge on any atom is 0.326 e. The highest BCUT2D eigenvalue weighted by Gasteiger charge is 2.14. The van der Waals surface area contributed by atoms with Crippen LogP contribution in [-0.4, -0.2) is 23.5 Å². The quantitative estimate of drug-likeness (QED) is 0.478. The highest BCUT2D eigenvalue weighted by atomic mass is 16.4. The molecule has 0 rings (SSSR count). The van der Waals surface area contributed by atoms with Crippen LogP contribution in [0.5, 0.6) is 0 Å².